The fraction of sp³-hybridized carbons (Fsp3) is 0.562. The summed E-state index contributed by atoms with van der Waals surface area (Å²) in [5, 5.41) is 6.18. The number of rotatable bonds is 10. The van der Waals surface area contributed by atoms with E-state index in [0.717, 1.165) is 11.5 Å². The summed E-state index contributed by atoms with van der Waals surface area (Å²) in [6, 6.07) is 7.41. The van der Waals surface area contributed by atoms with E-state index in [1.165, 1.54) is 0 Å². The molecule has 0 bridgehead atoms. The lowest BCUT2D eigenvalue weighted by Crippen LogP contribution is -2.44. The van der Waals surface area contributed by atoms with Crippen LogP contribution < -0.4 is 24.8 Å². The summed E-state index contributed by atoms with van der Waals surface area (Å²) in [6.45, 7) is 4.81. The van der Waals surface area contributed by atoms with Crippen LogP contribution in [0.3, 0.4) is 0 Å². The predicted molar refractivity (Wildman–Crippen MR) is 99.9 cm³/mol. The summed E-state index contributed by atoms with van der Waals surface area (Å²) in [7, 11) is 0.0926. The van der Waals surface area contributed by atoms with Crippen molar-refractivity contribution in [1.82, 2.24) is 15.4 Å². The molecule has 1 aromatic rings. The van der Waals surface area contributed by atoms with Crippen LogP contribution in [0.15, 0.2) is 29.3 Å². The van der Waals surface area contributed by atoms with Crippen LogP contribution in [0.5, 0.6) is 11.5 Å². The van der Waals surface area contributed by atoms with Gasteiger partial charge in [-0.2, -0.15) is 0 Å². The summed E-state index contributed by atoms with van der Waals surface area (Å²) in [5.41, 5.74) is 0. The number of hydrogen-bond donors (Lipinski definition) is 3. The Hall–Kier alpha value is -2.00. The average Bonchev–Trinajstić information content (AvgIpc) is 2.61. The van der Waals surface area contributed by atoms with Crippen LogP contribution in [0.1, 0.15) is 13.8 Å². The fourth-order valence-corrected chi connectivity index (χ4v) is 2.52. The smallest absolute Gasteiger partial charge is 0.211 e. The molecule has 0 spiro atoms. The minimum atomic E-state index is -3.17. The third-order valence-corrected chi connectivity index (χ3v) is 4.68. The van der Waals surface area contributed by atoms with Gasteiger partial charge in [-0.15, -0.1) is 0 Å². The van der Waals surface area contributed by atoms with Crippen molar-refractivity contribution in [3.8, 4) is 11.5 Å². The first kappa shape index (κ1) is 21.0. The van der Waals surface area contributed by atoms with Crippen molar-refractivity contribution in [3.63, 3.8) is 0 Å². The van der Waals surface area contributed by atoms with E-state index >= 15 is 0 Å². The highest BCUT2D eigenvalue weighted by Crippen LogP contribution is 2.19. The molecule has 0 fully saturated rings. The van der Waals surface area contributed by atoms with E-state index in [1.807, 2.05) is 31.2 Å². The van der Waals surface area contributed by atoms with Gasteiger partial charge in [-0.1, -0.05) is 6.07 Å². The van der Waals surface area contributed by atoms with Gasteiger partial charge in [-0.05, 0) is 26.0 Å². The van der Waals surface area contributed by atoms with Crippen LogP contribution in [0.2, 0.25) is 0 Å². The quantitative estimate of drug-likeness (QED) is 0.315. The average molecular weight is 372 g/mol. The molecule has 0 saturated heterocycles. The summed E-state index contributed by atoms with van der Waals surface area (Å²) >= 11 is 0. The summed E-state index contributed by atoms with van der Waals surface area (Å²) in [4.78, 5) is 4.09. The van der Waals surface area contributed by atoms with Crippen molar-refractivity contribution in [1.29, 1.82) is 0 Å². The highest BCUT2D eigenvalue weighted by atomic mass is 32.2. The molecule has 0 aliphatic heterocycles. The van der Waals surface area contributed by atoms with Gasteiger partial charge in [0.2, 0.25) is 10.0 Å². The van der Waals surface area contributed by atoms with E-state index in [0.29, 0.717) is 25.6 Å². The monoisotopic (exact) mass is 372 g/mol. The van der Waals surface area contributed by atoms with Crippen LogP contribution in [-0.4, -0.2) is 60.0 Å². The van der Waals surface area contributed by atoms with Gasteiger partial charge >= 0.3 is 0 Å². The summed E-state index contributed by atoms with van der Waals surface area (Å²) in [6.07, 6.45) is -0.0933. The molecule has 0 amide bonds. The van der Waals surface area contributed by atoms with Gasteiger partial charge in [0.15, 0.2) is 5.96 Å². The van der Waals surface area contributed by atoms with Crippen molar-refractivity contribution in [2.24, 2.45) is 4.99 Å². The first-order valence-electron chi connectivity index (χ1n) is 8.12. The molecule has 3 N–H and O–H groups in total. The molecule has 0 aromatic heterocycles. The standard InChI is InChI=1S/C16H28N4O4S/c1-5-25(21,22)20-10-9-18-16(17-3)19-12-13(2)24-15-8-6-7-14(11-15)23-4/h6-8,11,13,20H,5,9-10,12H2,1-4H3,(H2,17,18,19). The Kier molecular flexibility index (Phi) is 9.07. The number of aliphatic imine (C=N–C) groups is 1. The third-order valence-electron chi connectivity index (χ3n) is 3.28. The highest BCUT2D eigenvalue weighted by molar-refractivity contribution is 7.89. The summed E-state index contributed by atoms with van der Waals surface area (Å²) < 4.78 is 36.1. The normalized spacial score (nSPS) is 13.2. The van der Waals surface area contributed by atoms with Gasteiger partial charge in [-0.25, -0.2) is 13.1 Å². The molecular weight excluding hydrogens is 344 g/mol. The van der Waals surface area contributed by atoms with E-state index in [-0.39, 0.29) is 11.9 Å². The topological polar surface area (TPSA) is 101 Å². The van der Waals surface area contributed by atoms with Crippen molar-refractivity contribution in [3.05, 3.63) is 24.3 Å². The molecule has 0 aliphatic rings. The number of benzene rings is 1. The lowest BCUT2D eigenvalue weighted by atomic mass is 10.3. The van der Waals surface area contributed by atoms with Crippen molar-refractivity contribution in [2.75, 3.05) is 39.5 Å². The Balaban J connectivity index is 2.33. The zero-order chi connectivity index (χ0) is 18.7. The molecule has 8 nitrogen and oxygen atoms in total. The third kappa shape index (κ3) is 8.59. The Bertz CT molecular complexity index is 649. The minimum Gasteiger partial charge on any atom is -0.497 e. The number of ether oxygens (including phenoxy) is 2. The fourth-order valence-electron chi connectivity index (χ4n) is 1.90. The Morgan fingerprint density at radius 3 is 2.60 bits per heavy atom. The Morgan fingerprint density at radius 1 is 1.24 bits per heavy atom. The Labute approximate surface area is 150 Å². The second kappa shape index (κ2) is 10.8. The highest BCUT2D eigenvalue weighted by Gasteiger charge is 2.08. The zero-order valence-corrected chi connectivity index (χ0v) is 16.0. The van der Waals surface area contributed by atoms with Crippen LogP contribution in [0.4, 0.5) is 0 Å². The van der Waals surface area contributed by atoms with Crippen LogP contribution in [0, 0.1) is 0 Å². The van der Waals surface area contributed by atoms with Gasteiger partial charge in [-0.3, -0.25) is 4.99 Å². The number of nitrogens with one attached hydrogen (secondary N) is 3. The minimum absolute atomic E-state index is 0.0686. The molecule has 1 atom stereocenters. The maximum Gasteiger partial charge on any atom is 0.211 e. The van der Waals surface area contributed by atoms with Crippen molar-refractivity contribution in [2.45, 2.75) is 20.0 Å². The van der Waals surface area contributed by atoms with Gasteiger partial charge < -0.3 is 20.1 Å². The van der Waals surface area contributed by atoms with Gasteiger partial charge in [0.25, 0.3) is 0 Å². The second-order valence-corrected chi connectivity index (χ2v) is 7.38. The molecule has 1 unspecified atom stereocenters. The van der Waals surface area contributed by atoms with Crippen LogP contribution in [-0.2, 0) is 10.0 Å². The lowest BCUT2D eigenvalue weighted by Gasteiger charge is -2.18. The number of nitrogens with zero attached hydrogens (tertiary/aromatic N) is 1. The van der Waals surface area contributed by atoms with E-state index in [4.69, 9.17) is 9.47 Å². The van der Waals surface area contributed by atoms with E-state index in [9.17, 15) is 8.42 Å². The molecule has 9 heteroatoms. The molecule has 0 saturated carbocycles. The molecule has 142 valence electrons. The van der Waals surface area contributed by atoms with Crippen LogP contribution >= 0.6 is 0 Å². The lowest BCUT2D eigenvalue weighted by molar-refractivity contribution is 0.223. The summed E-state index contributed by atoms with van der Waals surface area (Å²) in [5.74, 6) is 2.12. The molecule has 0 aliphatic carbocycles. The second-order valence-electron chi connectivity index (χ2n) is 5.29. The van der Waals surface area contributed by atoms with Crippen LogP contribution in [0.25, 0.3) is 0 Å². The maximum absolute atomic E-state index is 11.3. The number of methoxy groups -OCH3 is 1. The van der Waals surface area contributed by atoms with Gasteiger partial charge in [0, 0.05) is 26.2 Å². The van der Waals surface area contributed by atoms with E-state index < -0.39 is 10.0 Å². The van der Waals surface area contributed by atoms with E-state index in [2.05, 4.69) is 20.3 Å². The first-order chi connectivity index (χ1) is 11.9. The predicted octanol–water partition coefficient (Wildman–Crippen LogP) is 0.567. The largest absolute Gasteiger partial charge is 0.497 e. The molecule has 0 heterocycles. The maximum atomic E-state index is 11.3. The molecular formula is C16H28N4O4S. The number of guanidine groups is 1. The molecule has 0 radical (unpaired) electrons. The van der Waals surface area contributed by atoms with Crippen molar-refractivity contribution >= 4 is 16.0 Å². The van der Waals surface area contributed by atoms with Gasteiger partial charge in [0.05, 0.1) is 19.4 Å². The molecule has 25 heavy (non-hydrogen) atoms. The van der Waals surface area contributed by atoms with Crippen molar-refractivity contribution < 1.29 is 17.9 Å². The number of sulfonamides is 1. The molecule has 1 aromatic carbocycles. The van der Waals surface area contributed by atoms with E-state index in [1.54, 1.807) is 21.1 Å². The Morgan fingerprint density at radius 2 is 1.96 bits per heavy atom. The zero-order valence-electron chi connectivity index (χ0n) is 15.2. The van der Waals surface area contributed by atoms with Gasteiger partial charge in [0.1, 0.15) is 17.6 Å². The first-order valence-corrected chi connectivity index (χ1v) is 9.78. The molecule has 1 rings (SSSR count). The number of hydrogen-bond acceptors (Lipinski definition) is 5. The SMILES string of the molecule is CCS(=O)(=O)NCCNC(=NC)NCC(C)Oc1cccc(OC)c1.